The molecule has 2 aromatic rings. The number of ether oxygens (including phenoxy) is 3. The topological polar surface area (TPSA) is 99.9 Å². The molecule has 1 heterocycles. The maximum atomic E-state index is 11.9. The molecule has 0 radical (unpaired) electrons. The fraction of sp³-hybridized carbons (Fsp3) is 0.238. The standard InChI is InChI=1S/C21H19ClN2O6S2/c1-2-28-17-11-13(12-18-20(25)23-21(31)32-18)10-16(24(26)27)19(17)30-9-3-8-29-15-6-4-14(22)5-7-15/h4-7,10-12H,2-3,8-9H2,1H3,(H,23,25,31)/b18-12-. The van der Waals surface area contributed by atoms with Crippen molar-refractivity contribution in [3.05, 3.63) is 62.0 Å². The van der Waals surface area contributed by atoms with Gasteiger partial charge in [-0.3, -0.25) is 14.9 Å². The van der Waals surface area contributed by atoms with Crippen molar-refractivity contribution in [3.8, 4) is 17.2 Å². The third-order valence-corrected chi connectivity index (χ3v) is 5.53. The number of nitro benzene ring substituents is 1. The van der Waals surface area contributed by atoms with E-state index in [4.69, 9.17) is 38.0 Å². The van der Waals surface area contributed by atoms with Gasteiger partial charge in [0.05, 0.1) is 29.6 Å². The average molecular weight is 495 g/mol. The second kappa shape index (κ2) is 11.2. The zero-order chi connectivity index (χ0) is 23.1. The number of amides is 1. The van der Waals surface area contributed by atoms with E-state index in [1.165, 1.54) is 12.1 Å². The van der Waals surface area contributed by atoms with Crippen LogP contribution in [0.1, 0.15) is 18.9 Å². The lowest BCUT2D eigenvalue weighted by Crippen LogP contribution is -2.17. The predicted octanol–water partition coefficient (Wildman–Crippen LogP) is 4.98. The number of thioether (sulfide) groups is 1. The molecule has 168 valence electrons. The first-order valence-corrected chi connectivity index (χ1v) is 11.2. The van der Waals surface area contributed by atoms with Gasteiger partial charge in [-0.1, -0.05) is 35.6 Å². The molecule has 2 aromatic carbocycles. The van der Waals surface area contributed by atoms with E-state index in [9.17, 15) is 14.9 Å². The number of benzene rings is 2. The molecule has 0 aromatic heterocycles. The normalized spacial score (nSPS) is 14.4. The van der Waals surface area contributed by atoms with Crippen LogP contribution in [0.3, 0.4) is 0 Å². The summed E-state index contributed by atoms with van der Waals surface area (Å²) in [5, 5.41) is 14.8. The lowest BCUT2D eigenvalue weighted by molar-refractivity contribution is -0.386. The highest BCUT2D eigenvalue weighted by molar-refractivity contribution is 8.26. The fourth-order valence-electron chi connectivity index (χ4n) is 2.76. The highest BCUT2D eigenvalue weighted by Gasteiger charge is 2.25. The number of nitrogens with zero attached hydrogens (tertiary/aromatic N) is 1. The number of nitro groups is 1. The van der Waals surface area contributed by atoms with E-state index >= 15 is 0 Å². The van der Waals surface area contributed by atoms with Crippen LogP contribution in [0.25, 0.3) is 6.08 Å². The Morgan fingerprint density at radius 2 is 1.91 bits per heavy atom. The van der Waals surface area contributed by atoms with E-state index in [0.29, 0.717) is 38.6 Å². The lowest BCUT2D eigenvalue weighted by Gasteiger charge is -2.13. The second-order valence-corrected chi connectivity index (χ2v) is 8.57. The summed E-state index contributed by atoms with van der Waals surface area (Å²) in [7, 11) is 0. The van der Waals surface area contributed by atoms with Gasteiger partial charge >= 0.3 is 5.69 Å². The first-order chi connectivity index (χ1) is 15.4. The third-order valence-electron chi connectivity index (χ3n) is 4.11. The van der Waals surface area contributed by atoms with E-state index in [0.717, 1.165) is 11.8 Å². The minimum Gasteiger partial charge on any atom is -0.493 e. The fourth-order valence-corrected chi connectivity index (χ4v) is 3.93. The summed E-state index contributed by atoms with van der Waals surface area (Å²) in [4.78, 5) is 23.4. The van der Waals surface area contributed by atoms with Gasteiger partial charge in [0, 0.05) is 17.5 Å². The summed E-state index contributed by atoms with van der Waals surface area (Å²) in [5.41, 5.74) is 0.174. The minimum absolute atomic E-state index is 0.0320. The first-order valence-electron chi connectivity index (χ1n) is 9.58. The van der Waals surface area contributed by atoms with Crippen LogP contribution < -0.4 is 19.5 Å². The summed E-state index contributed by atoms with van der Waals surface area (Å²) in [5.74, 6) is 0.574. The van der Waals surface area contributed by atoms with Crippen molar-refractivity contribution in [2.24, 2.45) is 0 Å². The molecule has 32 heavy (non-hydrogen) atoms. The summed E-state index contributed by atoms with van der Waals surface area (Å²) >= 11 is 11.9. The Hall–Kier alpha value is -2.82. The molecule has 1 N–H and O–H groups in total. The van der Waals surface area contributed by atoms with Crippen molar-refractivity contribution >= 4 is 57.6 Å². The monoisotopic (exact) mass is 494 g/mol. The Balaban J connectivity index is 1.73. The molecule has 11 heteroatoms. The summed E-state index contributed by atoms with van der Waals surface area (Å²) in [6.07, 6.45) is 2.02. The average Bonchev–Trinajstić information content (AvgIpc) is 3.06. The Kier molecular flexibility index (Phi) is 8.32. The Morgan fingerprint density at radius 1 is 1.19 bits per heavy atom. The quantitative estimate of drug-likeness (QED) is 0.162. The Morgan fingerprint density at radius 3 is 2.53 bits per heavy atom. The van der Waals surface area contributed by atoms with Gasteiger partial charge in [0.1, 0.15) is 10.1 Å². The van der Waals surface area contributed by atoms with Crippen LogP contribution in [0.15, 0.2) is 41.3 Å². The van der Waals surface area contributed by atoms with Crippen LogP contribution in [0.4, 0.5) is 5.69 Å². The first kappa shape index (κ1) is 23.8. The summed E-state index contributed by atoms with van der Waals surface area (Å²) in [6, 6.07) is 9.89. The van der Waals surface area contributed by atoms with Crippen LogP contribution >= 0.6 is 35.6 Å². The SMILES string of the molecule is CCOc1cc(/C=C2\SC(=S)NC2=O)cc([N+](=O)[O-])c1OCCCOc1ccc(Cl)cc1. The zero-order valence-electron chi connectivity index (χ0n) is 17.0. The van der Waals surface area contributed by atoms with Crippen molar-refractivity contribution in [1.29, 1.82) is 0 Å². The van der Waals surface area contributed by atoms with Gasteiger partial charge in [-0.05, 0) is 48.9 Å². The Bertz CT molecular complexity index is 1060. The number of carbonyl (C=O) groups excluding carboxylic acids is 1. The van der Waals surface area contributed by atoms with Crippen LogP contribution in [0.5, 0.6) is 17.2 Å². The largest absolute Gasteiger partial charge is 0.493 e. The molecule has 1 amide bonds. The van der Waals surface area contributed by atoms with Gasteiger partial charge in [0.25, 0.3) is 5.91 Å². The van der Waals surface area contributed by atoms with Crippen molar-refractivity contribution in [2.45, 2.75) is 13.3 Å². The number of thiocarbonyl (C=S) groups is 1. The maximum absolute atomic E-state index is 11.9. The van der Waals surface area contributed by atoms with E-state index < -0.39 is 4.92 Å². The molecule has 1 aliphatic heterocycles. The van der Waals surface area contributed by atoms with E-state index in [1.54, 1.807) is 37.3 Å². The van der Waals surface area contributed by atoms with Crippen molar-refractivity contribution < 1.29 is 23.9 Å². The number of hydrogen-bond acceptors (Lipinski definition) is 8. The highest BCUT2D eigenvalue weighted by atomic mass is 35.5. The molecule has 0 bridgehead atoms. The van der Waals surface area contributed by atoms with E-state index in [1.807, 2.05) is 0 Å². The van der Waals surface area contributed by atoms with Crippen molar-refractivity contribution in [3.63, 3.8) is 0 Å². The van der Waals surface area contributed by atoms with Gasteiger partial charge in [-0.25, -0.2) is 0 Å². The molecule has 0 atom stereocenters. The van der Waals surface area contributed by atoms with Crippen LogP contribution in [0, 0.1) is 10.1 Å². The van der Waals surface area contributed by atoms with Gasteiger partial charge < -0.3 is 19.5 Å². The third kappa shape index (κ3) is 6.35. The van der Waals surface area contributed by atoms with E-state index in [2.05, 4.69) is 5.32 Å². The molecule has 0 aliphatic carbocycles. The molecule has 3 rings (SSSR count). The smallest absolute Gasteiger partial charge is 0.315 e. The summed E-state index contributed by atoms with van der Waals surface area (Å²) in [6.45, 7) is 2.59. The number of halogens is 1. The number of hydrogen-bond donors (Lipinski definition) is 1. The second-order valence-electron chi connectivity index (χ2n) is 6.41. The van der Waals surface area contributed by atoms with Crippen LogP contribution in [-0.4, -0.2) is 35.0 Å². The van der Waals surface area contributed by atoms with Crippen LogP contribution in [0.2, 0.25) is 5.02 Å². The molecule has 1 aliphatic rings. The predicted molar refractivity (Wildman–Crippen MR) is 128 cm³/mol. The molecule has 0 unspecified atom stereocenters. The van der Waals surface area contributed by atoms with Gasteiger partial charge in [0.2, 0.25) is 5.75 Å². The minimum atomic E-state index is -0.545. The molecule has 0 saturated carbocycles. The zero-order valence-corrected chi connectivity index (χ0v) is 19.3. The van der Waals surface area contributed by atoms with Crippen LogP contribution in [-0.2, 0) is 4.79 Å². The van der Waals surface area contributed by atoms with Gasteiger partial charge in [0.15, 0.2) is 5.75 Å². The molecular weight excluding hydrogens is 476 g/mol. The molecule has 1 fully saturated rings. The molecule has 8 nitrogen and oxygen atoms in total. The van der Waals surface area contributed by atoms with Gasteiger partial charge in [-0.15, -0.1) is 0 Å². The number of nitrogens with one attached hydrogen (secondary N) is 1. The molecule has 1 saturated heterocycles. The molecular formula is C21H19ClN2O6S2. The summed E-state index contributed by atoms with van der Waals surface area (Å²) < 4.78 is 17.2. The van der Waals surface area contributed by atoms with Crippen molar-refractivity contribution in [1.82, 2.24) is 5.32 Å². The van der Waals surface area contributed by atoms with Crippen molar-refractivity contribution in [2.75, 3.05) is 19.8 Å². The van der Waals surface area contributed by atoms with E-state index in [-0.39, 0.29) is 36.3 Å². The number of carbonyl (C=O) groups is 1. The highest BCUT2D eigenvalue weighted by Crippen LogP contribution is 2.40. The van der Waals surface area contributed by atoms with Gasteiger partial charge in [-0.2, -0.15) is 0 Å². The lowest BCUT2D eigenvalue weighted by atomic mass is 10.1. The maximum Gasteiger partial charge on any atom is 0.315 e. The molecule has 0 spiro atoms. The Labute approximate surface area is 199 Å². The number of rotatable bonds is 10.